The average molecular weight is 254 g/mol. The number of aliphatic carboxylic acids is 1. The lowest BCUT2D eigenvalue weighted by Crippen LogP contribution is -2.37. The highest BCUT2D eigenvalue weighted by molar-refractivity contribution is 5.84. The van der Waals surface area contributed by atoms with Crippen LogP contribution in [0, 0.1) is 5.82 Å². The fourth-order valence-electron chi connectivity index (χ4n) is 1.40. The van der Waals surface area contributed by atoms with E-state index in [9.17, 15) is 14.0 Å². The Hall–Kier alpha value is -1.95. The van der Waals surface area contributed by atoms with E-state index in [1.165, 1.54) is 6.07 Å². The summed E-state index contributed by atoms with van der Waals surface area (Å²) in [7, 11) is 0. The lowest BCUT2D eigenvalue weighted by atomic mass is 10.1. The molecule has 18 heavy (non-hydrogen) atoms. The van der Waals surface area contributed by atoms with Crippen molar-refractivity contribution in [1.29, 1.82) is 0 Å². The quantitative estimate of drug-likeness (QED) is 0.680. The molecule has 0 aromatic heterocycles. The minimum absolute atomic E-state index is 0.242. The molecule has 0 spiro atoms. The van der Waals surface area contributed by atoms with Gasteiger partial charge in [-0.1, -0.05) is 18.2 Å². The van der Waals surface area contributed by atoms with Gasteiger partial charge in [-0.3, -0.25) is 9.59 Å². The van der Waals surface area contributed by atoms with Crippen molar-refractivity contribution in [2.45, 2.75) is 18.9 Å². The summed E-state index contributed by atoms with van der Waals surface area (Å²) in [6, 6.07) is 5.06. The van der Waals surface area contributed by atoms with Crippen LogP contribution in [0.15, 0.2) is 24.3 Å². The summed E-state index contributed by atoms with van der Waals surface area (Å²) in [5, 5.41) is 11.0. The smallest absolute Gasteiger partial charge is 0.321 e. The zero-order valence-corrected chi connectivity index (χ0v) is 9.73. The van der Waals surface area contributed by atoms with Crippen LogP contribution in [-0.4, -0.2) is 29.6 Å². The molecule has 0 radical (unpaired) electrons. The molecule has 1 atom stereocenters. The van der Waals surface area contributed by atoms with E-state index in [1.54, 1.807) is 18.2 Å². The first-order valence-corrected chi connectivity index (χ1v) is 5.49. The highest BCUT2D eigenvalue weighted by Crippen LogP contribution is 2.06. The Morgan fingerprint density at radius 1 is 1.39 bits per heavy atom. The summed E-state index contributed by atoms with van der Waals surface area (Å²) in [5.41, 5.74) is 5.70. The maximum absolute atomic E-state index is 13.2. The molecule has 4 N–H and O–H groups in total. The molecule has 1 unspecified atom stereocenters. The highest BCUT2D eigenvalue weighted by Gasteiger charge is 2.15. The summed E-state index contributed by atoms with van der Waals surface area (Å²) in [4.78, 5) is 21.7. The standard InChI is InChI=1S/C12H15FN2O3/c13-9-4-2-1-3-8(9)5-6-15-11(16)7-10(14)12(17)18/h1-4,10H,5-7,14H2,(H,15,16)(H,17,18). The van der Waals surface area contributed by atoms with E-state index in [1.807, 2.05) is 0 Å². The van der Waals surface area contributed by atoms with E-state index < -0.39 is 17.9 Å². The van der Waals surface area contributed by atoms with Crippen LogP contribution in [0.4, 0.5) is 4.39 Å². The zero-order chi connectivity index (χ0) is 13.5. The number of halogens is 1. The number of carbonyl (C=O) groups is 2. The third-order valence-corrected chi connectivity index (χ3v) is 2.40. The molecule has 1 amide bonds. The second-order valence-electron chi connectivity index (χ2n) is 3.84. The third kappa shape index (κ3) is 4.50. The Balaban J connectivity index is 2.32. The summed E-state index contributed by atoms with van der Waals surface area (Å²) < 4.78 is 13.2. The first-order valence-electron chi connectivity index (χ1n) is 5.49. The van der Waals surface area contributed by atoms with Crippen molar-refractivity contribution in [3.8, 4) is 0 Å². The second-order valence-corrected chi connectivity index (χ2v) is 3.84. The second kappa shape index (κ2) is 6.70. The molecule has 1 rings (SSSR count). The van der Waals surface area contributed by atoms with E-state index in [-0.39, 0.29) is 18.8 Å². The summed E-state index contributed by atoms with van der Waals surface area (Å²) in [6.07, 6.45) is 0.0628. The number of carbonyl (C=O) groups excluding carboxylic acids is 1. The van der Waals surface area contributed by atoms with Crippen molar-refractivity contribution in [2.75, 3.05) is 6.54 Å². The Labute approximate surface area is 104 Å². The van der Waals surface area contributed by atoms with Crippen LogP contribution in [0.25, 0.3) is 0 Å². The van der Waals surface area contributed by atoms with Gasteiger partial charge in [0.15, 0.2) is 0 Å². The fourth-order valence-corrected chi connectivity index (χ4v) is 1.40. The number of carboxylic acid groups (broad SMARTS) is 1. The van der Waals surface area contributed by atoms with Gasteiger partial charge in [0.05, 0.1) is 6.42 Å². The van der Waals surface area contributed by atoms with E-state index in [0.717, 1.165) is 0 Å². The van der Waals surface area contributed by atoms with Crippen LogP contribution in [-0.2, 0) is 16.0 Å². The minimum atomic E-state index is -1.22. The van der Waals surface area contributed by atoms with Gasteiger partial charge in [-0.2, -0.15) is 0 Å². The normalized spacial score (nSPS) is 11.9. The molecule has 98 valence electrons. The van der Waals surface area contributed by atoms with Crippen molar-refractivity contribution in [2.24, 2.45) is 5.73 Å². The van der Waals surface area contributed by atoms with Gasteiger partial charge in [0.1, 0.15) is 11.9 Å². The van der Waals surface area contributed by atoms with Gasteiger partial charge in [-0.15, -0.1) is 0 Å². The van der Waals surface area contributed by atoms with Crippen LogP contribution < -0.4 is 11.1 Å². The molecule has 0 saturated heterocycles. The lowest BCUT2D eigenvalue weighted by Gasteiger charge is -2.08. The predicted molar refractivity (Wildman–Crippen MR) is 63.3 cm³/mol. The summed E-state index contributed by atoms with van der Waals surface area (Å²) in [5.74, 6) is -2.01. The van der Waals surface area contributed by atoms with Crippen molar-refractivity contribution in [3.05, 3.63) is 35.6 Å². The first kappa shape index (κ1) is 14.1. The molecular formula is C12H15FN2O3. The molecular weight excluding hydrogens is 239 g/mol. The van der Waals surface area contributed by atoms with Gasteiger partial charge in [0.2, 0.25) is 5.91 Å². The molecule has 1 aromatic rings. The van der Waals surface area contributed by atoms with E-state index in [2.05, 4.69) is 5.32 Å². The van der Waals surface area contributed by atoms with Crippen LogP contribution >= 0.6 is 0 Å². The molecule has 0 aliphatic rings. The first-order chi connectivity index (χ1) is 8.50. The van der Waals surface area contributed by atoms with E-state index >= 15 is 0 Å². The Kier molecular flexibility index (Phi) is 5.26. The van der Waals surface area contributed by atoms with Gasteiger partial charge >= 0.3 is 5.97 Å². The van der Waals surface area contributed by atoms with Crippen LogP contribution in [0.2, 0.25) is 0 Å². The number of nitrogens with one attached hydrogen (secondary N) is 1. The summed E-state index contributed by atoms with van der Waals surface area (Å²) >= 11 is 0. The van der Waals surface area contributed by atoms with Gasteiger partial charge < -0.3 is 16.2 Å². The van der Waals surface area contributed by atoms with Crippen molar-refractivity contribution < 1.29 is 19.1 Å². The molecule has 0 saturated carbocycles. The van der Waals surface area contributed by atoms with Crippen LogP contribution in [0.3, 0.4) is 0 Å². The number of nitrogens with two attached hydrogens (primary N) is 1. The van der Waals surface area contributed by atoms with E-state index in [0.29, 0.717) is 12.0 Å². The van der Waals surface area contributed by atoms with E-state index in [4.69, 9.17) is 10.8 Å². The molecule has 5 nitrogen and oxygen atoms in total. The fraction of sp³-hybridized carbons (Fsp3) is 0.333. The topological polar surface area (TPSA) is 92.4 Å². The van der Waals surface area contributed by atoms with Crippen molar-refractivity contribution >= 4 is 11.9 Å². The van der Waals surface area contributed by atoms with Crippen LogP contribution in [0.1, 0.15) is 12.0 Å². The number of benzene rings is 1. The van der Waals surface area contributed by atoms with Crippen molar-refractivity contribution in [1.82, 2.24) is 5.32 Å². The molecule has 0 heterocycles. The van der Waals surface area contributed by atoms with Gasteiger partial charge in [0, 0.05) is 6.54 Å². The Bertz CT molecular complexity index is 437. The monoisotopic (exact) mass is 254 g/mol. The van der Waals surface area contributed by atoms with Crippen molar-refractivity contribution in [3.63, 3.8) is 0 Å². The zero-order valence-electron chi connectivity index (χ0n) is 9.73. The number of hydrogen-bond donors (Lipinski definition) is 3. The lowest BCUT2D eigenvalue weighted by molar-refractivity contribution is -0.140. The number of amides is 1. The molecule has 6 heteroatoms. The Morgan fingerprint density at radius 3 is 2.67 bits per heavy atom. The molecule has 0 fully saturated rings. The van der Waals surface area contributed by atoms with Gasteiger partial charge in [-0.25, -0.2) is 4.39 Å². The largest absolute Gasteiger partial charge is 0.480 e. The summed E-state index contributed by atoms with van der Waals surface area (Å²) in [6.45, 7) is 0.242. The molecule has 0 aliphatic heterocycles. The maximum Gasteiger partial charge on any atom is 0.321 e. The minimum Gasteiger partial charge on any atom is -0.480 e. The molecule has 0 aliphatic carbocycles. The molecule has 1 aromatic carbocycles. The molecule has 0 bridgehead atoms. The maximum atomic E-state index is 13.2. The third-order valence-electron chi connectivity index (χ3n) is 2.40. The van der Waals surface area contributed by atoms with Gasteiger partial charge in [-0.05, 0) is 18.1 Å². The SMILES string of the molecule is NC(CC(=O)NCCc1ccccc1F)C(=O)O. The predicted octanol–water partition coefficient (Wildman–Crippen LogP) is 0.286. The number of carboxylic acids is 1. The number of hydrogen-bond acceptors (Lipinski definition) is 3. The average Bonchev–Trinajstić information content (AvgIpc) is 2.31. The highest BCUT2D eigenvalue weighted by atomic mass is 19.1. The van der Waals surface area contributed by atoms with Crippen LogP contribution in [0.5, 0.6) is 0 Å². The number of rotatable bonds is 6. The van der Waals surface area contributed by atoms with Gasteiger partial charge in [0.25, 0.3) is 0 Å². The Morgan fingerprint density at radius 2 is 2.06 bits per heavy atom.